The zero-order valence-electron chi connectivity index (χ0n) is 30.3. The van der Waals surface area contributed by atoms with Gasteiger partial charge in [-0.1, -0.05) is 66.7 Å². The van der Waals surface area contributed by atoms with Crippen molar-refractivity contribution in [3.8, 4) is 0 Å². The van der Waals surface area contributed by atoms with Crippen LogP contribution in [0.1, 0.15) is 74.5 Å². The van der Waals surface area contributed by atoms with E-state index < -0.39 is 76.6 Å². The second-order valence-corrected chi connectivity index (χ2v) is 14.0. The van der Waals surface area contributed by atoms with Crippen molar-refractivity contribution in [3.63, 3.8) is 0 Å². The van der Waals surface area contributed by atoms with Crippen LogP contribution < -0.4 is 5.32 Å². The third-order valence-corrected chi connectivity index (χ3v) is 8.82. The number of rotatable bonds is 10. The van der Waals surface area contributed by atoms with E-state index in [1.54, 1.807) is 81.4 Å². The highest BCUT2D eigenvalue weighted by Crippen LogP contribution is 2.44. The van der Waals surface area contributed by atoms with Crippen LogP contribution in [0.25, 0.3) is 0 Å². The van der Waals surface area contributed by atoms with Crippen LogP contribution in [0.3, 0.4) is 0 Å². The molecule has 15 heteroatoms. The second-order valence-electron chi connectivity index (χ2n) is 14.0. The van der Waals surface area contributed by atoms with Gasteiger partial charge in [-0.2, -0.15) is 26.3 Å². The summed E-state index contributed by atoms with van der Waals surface area (Å²) < 4.78 is 105. The predicted octanol–water partition coefficient (Wildman–Crippen LogP) is 9.12. The molecule has 1 saturated heterocycles. The van der Waals surface area contributed by atoms with E-state index in [4.69, 9.17) is 18.9 Å². The number of benzene rings is 3. The number of ether oxygens (including phenoxy) is 4. The van der Waals surface area contributed by atoms with Crippen molar-refractivity contribution in [1.29, 1.82) is 0 Å². The summed E-state index contributed by atoms with van der Waals surface area (Å²) >= 11 is 0. The SMILES string of the molecule is COC(=O)C=CC1(NC(=O)OC(C)(C)C)CC[C@@](CO[C@H](C)c2cc(C(F)(F)F)cc(C(F)(F)F)c2)(c2ccccc2)N(C(=O)OCc2ccccc2)C1. The van der Waals surface area contributed by atoms with Crippen LogP contribution in [0.2, 0.25) is 0 Å². The first-order valence-electron chi connectivity index (χ1n) is 16.9. The zero-order valence-corrected chi connectivity index (χ0v) is 30.3. The molecule has 1 heterocycles. The molecule has 0 radical (unpaired) electrons. The third-order valence-electron chi connectivity index (χ3n) is 8.82. The van der Waals surface area contributed by atoms with Crippen LogP contribution in [0.15, 0.2) is 91.0 Å². The quantitative estimate of drug-likeness (QED) is 0.0951. The molecule has 0 saturated carbocycles. The Balaban J connectivity index is 1.82. The van der Waals surface area contributed by atoms with E-state index >= 15 is 0 Å². The number of esters is 1. The topological polar surface area (TPSA) is 103 Å². The van der Waals surface area contributed by atoms with Gasteiger partial charge in [-0.05, 0) is 75.4 Å². The molecule has 0 spiro atoms. The molecule has 1 fully saturated rings. The van der Waals surface area contributed by atoms with Crippen LogP contribution in [0.5, 0.6) is 0 Å². The summed E-state index contributed by atoms with van der Waals surface area (Å²) in [5.41, 5.74) is -6.10. The van der Waals surface area contributed by atoms with Gasteiger partial charge in [-0.15, -0.1) is 0 Å². The molecule has 292 valence electrons. The minimum Gasteiger partial charge on any atom is -0.466 e. The molecule has 1 aliphatic rings. The molecule has 54 heavy (non-hydrogen) atoms. The van der Waals surface area contributed by atoms with Crippen LogP contribution in [0.4, 0.5) is 35.9 Å². The van der Waals surface area contributed by atoms with E-state index in [2.05, 4.69) is 5.32 Å². The Kier molecular flexibility index (Phi) is 12.8. The highest BCUT2D eigenvalue weighted by atomic mass is 19.4. The fourth-order valence-electron chi connectivity index (χ4n) is 6.05. The average molecular weight is 765 g/mol. The van der Waals surface area contributed by atoms with Crippen LogP contribution in [-0.2, 0) is 48.2 Å². The summed E-state index contributed by atoms with van der Waals surface area (Å²) in [6.45, 7) is 5.31. The molecule has 0 bridgehead atoms. The Hall–Kier alpha value is -5.05. The van der Waals surface area contributed by atoms with Gasteiger partial charge in [0.05, 0.1) is 48.6 Å². The maximum atomic E-state index is 14.3. The Morgan fingerprint density at radius 2 is 1.44 bits per heavy atom. The van der Waals surface area contributed by atoms with Gasteiger partial charge >= 0.3 is 30.5 Å². The second kappa shape index (κ2) is 16.5. The van der Waals surface area contributed by atoms with Crippen molar-refractivity contribution < 1.29 is 59.7 Å². The van der Waals surface area contributed by atoms with Crippen molar-refractivity contribution in [2.75, 3.05) is 20.3 Å². The fraction of sp³-hybridized carbons (Fsp3) is 0.410. The number of hydrogen-bond donors (Lipinski definition) is 1. The molecular weight excluding hydrogens is 722 g/mol. The zero-order chi connectivity index (χ0) is 40.0. The molecule has 1 unspecified atom stereocenters. The molecule has 2 amide bonds. The maximum absolute atomic E-state index is 14.3. The minimum atomic E-state index is -5.08. The summed E-state index contributed by atoms with van der Waals surface area (Å²) in [6.07, 6.45) is -10.8. The number of piperidine rings is 1. The number of alkyl carbamates (subject to hydrolysis) is 1. The predicted molar refractivity (Wildman–Crippen MR) is 185 cm³/mol. The summed E-state index contributed by atoms with van der Waals surface area (Å²) in [5.74, 6) is -0.755. The maximum Gasteiger partial charge on any atom is 0.416 e. The smallest absolute Gasteiger partial charge is 0.416 e. The highest BCUT2D eigenvalue weighted by Gasteiger charge is 2.52. The molecule has 3 aromatic carbocycles. The van der Waals surface area contributed by atoms with Gasteiger partial charge in [0.2, 0.25) is 0 Å². The summed E-state index contributed by atoms with van der Waals surface area (Å²) in [5, 5.41) is 2.79. The number of carbonyl (C=O) groups is 3. The lowest BCUT2D eigenvalue weighted by molar-refractivity contribution is -0.143. The van der Waals surface area contributed by atoms with E-state index in [1.165, 1.54) is 17.9 Å². The van der Waals surface area contributed by atoms with Gasteiger partial charge in [0.25, 0.3) is 0 Å². The molecule has 3 aromatic rings. The molecule has 1 aliphatic heterocycles. The minimum absolute atomic E-state index is 0.0120. The van der Waals surface area contributed by atoms with E-state index in [-0.39, 0.29) is 32.1 Å². The van der Waals surface area contributed by atoms with E-state index in [9.17, 15) is 40.7 Å². The first-order chi connectivity index (χ1) is 25.2. The van der Waals surface area contributed by atoms with Gasteiger partial charge in [-0.3, -0.25) is 4.90 Å². The fourth-order valence-corrected chi connectivity index (χ4v) is 6.05. The van der Waals surface area contributed by atoms with Crippen molar-refractivity contribution in [3.05, 3.63) is 119 Å². The van der Waals surface area contributed by atoms with E-state index in [0.717, 1.165) is 13.2 Å². The lowest BCUT2D eigenvalue weighted by Crippen LogP contribution is -2.66. The Bertz CT molecular complexity index is 1760. The number of hydrogen-bond acceptors (Lipinski definition) is 7. The Morgan fingerprint density at radius 1 is 0.870 bits per heavy atom. The van der Waals surface area contributed by atoms with Crippen LogP contribution >= 0.6 is 0 Å². The molecule has 0 aliphatic carbocycles. The molecule has 9 nitrogen and oxygen atoms in total. The van der Waals surface area contributed by atoms with Crippen LogP contribution in [-0.4, -0.2) is 54.5 Å². The van der Waals surface area contributed by atoms with Crippen LogP contribution in [0, 0.1) is 0 Å². The third kappa shape index (κ3) is 10.8. The van der Waals surface area contributed by atoms with Gasteiger partial charge in [0.1, 0.15) is 12.2 Å². The number of likely N-dealkylation sites (tertiary alicyclic amines) is 1. The summed E-state index contributed by atoms with van der Waals surface area (Å²) in [7, 11) is 1.16. The largest absolute Gasteiger partial charge is 0.466 e. The molecular formula is C39H42F6N2O7. The Morgan fingerprint density at radius 3 is 1.98 bits per heavy atom. The summed E-state index contributed by atoms with van der Waals surface area (Å²) in [4.78, 5) is 41.1. The van der Waals surface area contributed by atoms with Gasteiger partial charge < -0.3 is 24.3 Å². The molecule has 0 aromatic heterocycles. The van der Waals surface area contributed by atoms with Gasteiger partial charge in [-0.25, -0.2) is 14.4 Å². The molecule has 4 rings (SSSR count). The number of nitrogens with zero attached hydrogens (tertiary/aromatic N) is 1. The number of halogens is 6. The number of carbonyl (C=O) groups excluding carboxylic acids is 3. The van der Waals surface area contributed by atoms with E-state index in [1.807, 2.05) is 0 Å². The average Bonchev–Trinajstić information content (AvgIpc) is 3.11. The standard InChI is InChI=1S/C39H42F6N2O7/c1-26(28-20-30(38(40,41)42)22-31(21-28)39(43,44)45)53-25-37(29-14-10-7-11-15-29)19-18-36(17-16-32(48)51-5,46-33(49)54-35(2,3)4)24-47(37)34(50)52-23-27-12-8-6-9-13-27/h6-17,20-22,26H,18-19,23-25H2,1-5H3,(H,46,49)/t26-,36?,37-/m1/s1. The Labute approximate surface area is 309 Å². The van der Waals surface area contributed by atoms with Gasteiger partial charge in [0, 0.05) is 6.08 Å². The number of amides is 2. The van der Waals surface area contributed by atoms with Crippen molar-refractivity contribution in [1.82, 2.24) is 10.2 Å². The normalized spacial score (nSPS) is 19.9. The van der Waals surface area contributed by atoms with E-state index in [0.29, 0.717) is 23.3 Å². The van der Waals surface area contributed by atoms with Crippen molar-refractivity contribution >= 4 is 18.2 Å². The number of nitrogens with one attached hydrogen (secondary N) is 1. The molecule has 3 atom stereocenters. The number of methoxy groups -OCH3 is 1. The highest BCUT2D eigenvalue weighted by molar-refractivity contribution is 5.82. The van der Waals surface area contributed by atoms with Crippen molar-refractivity contribution in [2.24, 2.45) is 0 Å². The molecule has 1 N–H and O–H groups in total. The van der Waals surface area contributed by atoms with Crippen molar-refractivity contribution in [2.45, 2.75) is 82.3 Å². The first kappa shape index (κ1) is 41.7. The lowest BCUT2D eigenvalue weighted by atomic mass is 9.74. The first-order valence-corrected chi connectivity index (χ1v) is 16.9. The lowest BCUT2D eigenvalue weighted by Gasteiger charge is -2.52. The summed E-state index contributed by atoms with van der Waals surface area (Å²) in [6, 6.07) is 18.4. The van der Waals surface area contributed by atoms with Gasteiger partial charge in [0.15, 0.2) is 0 Å². The number of alkyl halides is 6. The monoisotopic (exact) mass is 764 g/mol.